The second-order valence-corrected chi connectivity index (χ2v) is 13.1. The third-order valence-electron chi connectivity index (χ3n) is 6.94. The molecule has 0 fully saturated rings. The van der Waals surface area contributed by atoms with Gasteiger partial charge in [-0.2, -0.15) is 0 Å². The Hall–Kier alpha value is -3.43. The van der Waals surface area contributed by atoms with Crippen LogP contribution in [0.15, 0.2) is 36.4 Å². The van der Waals surface area contributed by atoms with E-state index in [0.717, 1.165) is 36.0 Å². The number of halogens is 1. The van der Waals surface area contributed by atoms with E-state index < -0.39 is 27.7 Å². The molecule has 3 aromatic carbocycles. The van der Waals surface area contributed by atoms with E-state index in [1.807, 2.05) is 25.1 Å². The van der Waals surface area contributed by atoms with Crippen LogP contribution in [0.25, 0.3) is 22.3 Å². The van der Waals surface area contributed by atoms with Gasteiger partial charge in [-0.25, -0.2) is 17.6 Å². The molecule has 4 rings (SSSR count). The number of hydrogen-bond acceptors (Lipinski definition) is 5. The number of fused-ring (bicyclic) bond motifs is 1. The van der Waals surface area contributed by atoms with Crippen molar-refractivity contribution in [1.82, 2.24) is 0 Å². The van der Waals surface area contributed by atoms with E-state index >= 15 is 0 Å². The Morgan fingerprint density at radius 3 is 2.30 bits per heavy atom. The van der Waals surface area contributed by atoms with Gasteiger partial charge in [-0.05, 0) is 118 Å². The lowest BCUT2D eigenvalue weighted by Crippen LogP contribution is -2.29. The van der Waals surface area contributed by atoms with Gasteiger partial charge in [-0.1, -0.05) is 12.1 Å². The molecule has 1 aliphatic rings. The molecule has 1 aliphatic heterocycles. The van der Waals surface area contributed by atoms with Crippen LogP contribution in [-0.2, 0) is 26.0 Å². The first-order valence-corrected chi connectivity index (χ1v) is 15.0. The van der Waals surface area contributed by atoms with Gasteiger partial charge in [0.15, 0.2) is 6.10 Å². The van der Waals surface area contributed by atoms with Crippen LogP contribution in [0.5, 0.6) is 5.75 Å². The van der Waals surface area contributed by atoms with Gasteiger partial charge in [0.2, 0.25) is 10.0 Å². The molecule has 0 radical (unpaired) electrons. The molecule has 1 heterocycles. The number of aliphatic carboxylic acids is 1. The van der Waals surface area contributed by atoms with E-state index in [1.165, 1.54) is 6.07 Å². The highest BCUT2D eigenvalue weighted by atomic mass is 32.2. The summed E-state index contributed by atoms with van der Waals surface area (Å²) in [5, 5.41) is 10.4. The zero-order valence-corrected chi connectivity index (χ0v) is 24.8. The van der Waals surface area contributed by atoms with Crippen molar-refractivity contribution in [3.8, 4) is 28.0 Å². The summed E-state index contributed by atoms with van der Waals surface area (Å²) in [6.07, 6.45) is 1.32. The summed E-state index contributed by atoms with van der Waals surface area (Å²) in [7, 11) is -3.78. The number of sulfonamides is 1. The van der Waals surface area contributed by atoms with Gasteiger partial charge in [0.1, 0.15) is 11.6 Å². The molecule has 0 amide bonds. The molecule has 0 bridgehead atoms. The fourth-order valence-electron chi connectivity index (χ4n) is 5.30. The summed E-state index contributed by atoms with van der Waals surface area (Å²) in [5.41, 5.74) is 4.74. The van der Waals surface area contributed by atoms with E-state index in [9.17, 15) is 22.7 Å². The van der Waals surface area contributed by atoms with Crippen molar-refractivity contribution in [3.63, 3.8) is 0 Å². The van der Waals surface area contributed by atoms with Crippen molar-refractivity contribution in [2.75, 3.05) is 17.6 Å². The van der Waals surface area contributed by atoms with Crippen molar-refractivity contribution < 1.29 is 32.2 Å². The average molecular weight is 570 g/mol. The Labute approximate surface area is 235 Å². The molecule has 0 saturated carbocycles. The first kappa shape index (κ1) is 29.6. The number of carbonyl (C=O) groups is 1. The fraction of sp³-hybridized carbons (Fsp3) is 0.387. The summed E-state index contributed by atoms with van der Waals surface area (Å²) >= 11 is 0. The maximum Gasteiger partial charge on any atom is 0.337 e. The molecule has 0 aliphatic carbocycles. The van der Waals surface area contributed by atoms with E-state index in [0.29, 0.717) is 45.6 Å². The lowest BCUT2D eigenvalue weighted by molar-refractivity contribution is -0.160. The van der Waals surface area contributed by atoms with Crippen molar-refractivity contribution in [3.05, 3.63) is 70.0 Å². The minimum absolute atomic E-state index is 0.231. The zero-order valence-electron chi connectivity index (χ0n) is 23.9. The van der Waals surface area contributed by atoms with Crippen LogP contribution < -0.4 is 9.46 Å². The molecule has 1 unspecified atom stereocenters. The highest BCUT2D eigenvalue weighted by Crippen LogP contribution is 2.47. The topological polar surface area (TPSA) is 102 Å². The fourth-order valence-corrected chi connectivity index (χ4v) is 5.93. The normalized spacial score (nSPS) is 14.3. The summed E-state index contributed by atoms with van der Waals surface area (Å²) in [4.78, 5) is 12.8. The predicted molar refractivity (Wildman–Crippen MR) is 155 cm³/mol. The Kier molecular flexibility index (Phi) is 8.02. The predicted octanol–water partition coefficient (Wildman–Crippen LogP) is 6.72. The first-order valence-electron chi connectivity index (χ1n) is 13.2. The molecule has 1 atom stereocenters. The molecule has 214 valence electrons. The minimum Gasteiger partial charge on any atom is -0.493 e. The summed E-state index contributed by atoms with van der Waals surface area (Å²) < 4.78 is 54.0. The standard InChI is InChI=1S/C31H36FNO6S/c1-17-15-21(10-12-23(17)32)26-18(2)25(22-11-13-24-20(16-22)9-8-14-38-24)27(19(3)28(26)33-40(7,36)37)29(30(34)35)39-31(4,5)6/h10-13,15-16,29,33H,8-9,14H2,1-7H3,(H,34,35). The maximum absolute atomic E-state index is 14.3. The van der Waals surface area contributed by atoms with Crippen LogP contribution in [-0.4, -0.2) is 38.0 Å². The molecule has 40 heavy (non-hydrogen) atoms. The van der Waals surface area contributed by atoms with Crippen molar-refractivity contribution >= 4 is 21.7 Å². The van der Waals surface area contributed by atoms with Crippen molar-refractivity contribution in [2.24, 2.45) is 0 Å². The Bertz CT molecular complexity index is 1590. The van der Waals surface area contributed by atoms with Gasteiger partial charge in [0.25, 0.3) is 0 Å². The number of anilines is 1. The number of carboxylic acid groups (broad SMARTS) is 1. The average Bonchev–Trinajstić information content (AvgIpc) is 2.85. The highest BCUT2D eigenvalue weighted by Gasteiger charge is 2.34. The van der Waals surface area contributed by atoms with Gasteiger partial charge in [-0.15, -0.1) is 0 Å². The van der Waals surface area contributed by atoms with Crippen LogP contribution in [0.4, 0.5) is 10.1 Å². The van der Waals surface area contributed by atoms with Crippen LogP contribution >= 0.6 is 0 Å². The van der Waals surface area contributed by atoms with Gasteiger partial charge in [0.05, 0.1) is 24.2 Å². The number of nitrogens with one attached hydrogen (secondary N) is 1. The molecule has 0 spiro atoms. The zero-order chi connectivity index (χ0) is 29.6. The van der Waals surface area contributed by atoms with Gasteiger partial charge < -0.3 is 14.6 Å². The van der Waals surface area contributed by atoms with Gasteiger partial charge >= 0.3 is 5.97 Å². The molecule has 0 saturated heterocycles. The molecule has 0 aromatic heterocycles. The third kappa shape index (κ3) is 6.15. The number of ether oxygens (including phenoxy) is 2. The number of hydrogen-bond donors (Lipinski definition) is 2. The first-order chi connectivity index (χ1) is 18.6. The molecule has 2 N–H and O–H groups in total. The molecule has 9 heteroatoms. The number of benzene rings is 3. The van der Waals surface area contributed by atoms with Crippen LogP contribution in [0.1, 0.15) is 61.1 Å². The quantitative estimate of drug-likeness (QED) is 0.327. The monoisotopic (exact) mass is 569 g/mol. The lowest BCUT2D eigenvalue weighted by atomic mass is 9.82. The van der Waals surface area contributed by atoms with Crippen molar-refractivity contribution in [1.29, 1.82) is 0 Å². The van der Waals surface area contributed by atoms with Crippen LogP contribution in [0, 0.1) is 26.6 Å². The molecular weight excluding hydrogens is 533 g/mol. The largest absolute Gasteiger partial charge is 0.493 e. The number of rotatable bonds is 7. The Balaban J connectivity index is 2.17. The van der Waals surface area contributed by atoms with Gasteiger partial charge in [0, 0.05) is 11.1 Å². The SMILES string of the molecule is Cc1cc(-c2c(C)c(-c3ccc4c(c3)CCCO4)c(C(OC(C)(C)C)C(=O)O)c(C)c2NS(C)(=O)=O)ccc1F. The number of aryl methyl sites for hydroxylation is 2. The Morgan fingerprint density at radius 2 is 1.70 bits per heavy atom. The number of carboxylic acids is 1. The second kappa shape index (κ2) is 10.9. The second-order valence-electron chi connectivity index (χ2n) is 11.3. The third-order valence-corrected chi connectivity index (χ3v) is 7.51. The van der Waals surface area contributed by atoms with E-state index in [4.69, 9.17) is 9.47 Å². The summed E-state index contributed by atoms with van der Waals surface area (Å²) in [6.45, 7) is 11.1. The van der Waals surface area contributed by atoms with Crippen molar-refractivity contribution in [2.45, 2.75) is 66.1 Å². The maximum atomic E-state index is 14.3. The molecular formula is C31H36FNO6S. The minimum atomic E-state index is -3.78. The Morgan fingerprint density at radius 1 is 1.05 bits per heavy atom. The van der Waals surface area contributed by atoms with E-state index in [-0.39, 0.29) is 11.5 Å². The van der Waals surface area contributed by atoms with E-state index in [1.54, 1.807) is 46.8 Å². The van der Waals surface area contributed by atoms with Crippen LogP contribution in [0.3, 0.4) is 0 Å². The smallest absolute Gasteiger partial charge is 0.337 e. The summed E-state index contributed by atoms with van der Waals surface area (Å²) in [6, 6.07) is 10.4. The van der Waals surface area contributed by atoms with E-state index in [2.05, 4.69) is 4.72 Å². The molecule has 3 aromatic rings. The summed E-state index contributed by atoms with van der Waals surface area (Å²) in [5.74, 6) is -0.793. The van der Waals surface area contributed by atoms with Crippen LogP contribution in [0.2, 0.25) is 0 Å². The highest BCUT2D eigenvalue weighted by molar-refractivity contribution is 7.92. The lowest BCUT2D eigenvalue weighted by Gasteiger charge is -2.31. The van der Waals surface area contributed by atoms with Gasteiger partial charge in [-0.3, -0.25) is 4.72 Å². The molecule has 7 nitrogen and oxygen atoms in total.